The first-order chi connectivity index (χ1) is 11.2. The van der Waals surface area contributed by atoms with Gasteiger partial charge in [-0.15, -0.1) is 0 Å². The van der Waals surface area contributed by atoms with Crippen LogP contribution in [0.2, 0.25) is 5.15 Å². The molecule has 4 rings (SSSR count). The molecule has 2 N–H and O–H groups in total. The van der Waals surface area contributed by atoms with Crippen LogP contribution in [0.5, 0.6) is 0 Å². The number of nitrogens with one attached hydrogen (secondary N) is 2. The number of imidazole rings is 1. The van der Waals surface area contributed by atoms with Crippen molar-refractivity contribution in [2.75, 3.05) is 18.4 Å². The van der Waals surface area contributed by atoms with Gasteiger partial charge >= 0.3 is 0 Å². The van der Waals surface area contributed by atoms with Gasteiger partial charge in [-0.3, -0.25) is 13.9 Å². The Kier molecular flexibility index (Phi) is 3.51. The zero-order chi connectivity index (χ0) is 15.8. The van der Waals surface area contributed by atoms with Crippen molar-refractivity contribution in [2.45, 2.75) is 12.5 Å². The summed E-state index contributed by atoms with van der Waals surface area (Å²) in [4.78, 5) is 16.7. The van der Waals surface area contributed by atoms with Crippen molar-refractivity contribution in [1.82, 2.24) is 24.5 Å². The highest BCUT2D eigenvalue weighted by molar-refractivity contribution is 6.33. The topological polar surface area (TPSA) is 76.2 Å². The fourth-order valence-electron chi connectivity index (χ4n) is 2.82. The van der Waals surface area contributed by atoms with Gasteiger partial charge in [0.05, 0.1) is 6.04 Å². The van der Waals surface area contributed by atoms with E-state index in [0.717, 1.165) is 19.5 Å². The molecule has 0 radical (unpaired) electrons. The molecular weight excluding hydrogens is 316 g/mol. The summed E-state index contributed by atoms with van der Waals surface area (Å²) in [7, 11) is 0. The summed E-state index contributed by atoms with van der Waals surface area (Å²) in [6.07, 6.45) is 4.67. The predicted molar refractivity (Wildman–Crippen MR) is 86.9 cm³/mol. The molecule has 3 aromatic heterocycles. The first kappa shape index (κ1) is 14.2. The molecule has 1 amide bonds. The van der Waals surface area contributed by atoms with Crippen LogP contribution in [-0.2, 0) is 0 Å². The summed E-state index contributed by atoms with van der Waals surface area (Å²) < 4.78 is 3.54. The quantitative estimate of drug-likeness (QED) is 0.770. The minimum Gasteiger partial charge on any atom is -0.315 e. The zero-order valence-corrected chi connectivity index (χ0v) is 13.0. The van der Waals surface area contributed by atoms with Gasteiger partial charge in [0.25, 0.3) is 5.91 Å². The molecule has 3 aromatic rings. The van der Waals surface area contributed by atoms with Crippen LogP contribution in [0.1, 0.15) is 23.0 Å². The summed E-state index contributed by atoms with van der Waals surface area (Å²) >= 11 is 6.11. The van der Waals surface area contributed by atoms with Crippen molar-refractivity contribution >= 4 is 29.0 Å². The van der Waals surface area contributed by atoms with E-state index < -0.39 is 0 Å². The Hall–Kier alpha value is -2.38. The Labute approximate surface area is 137 Å². The van der Waals surface area contributed by atoms with Crippen LogP contribution in [0.3, 0.4) is 0 Å². The first-order valence-electron chi connectivity index (χ1n) is 7.42. The molecule has 0 aliphatic carbocycles. The second kappa shape index (κ2) is 5.68. The highest BCUT2D eigenvalue weighted by Crippen LogP contribution is 2.20. The molecule has 1 atom stereocenters. The van der Waals surface area contributed by atoms with Gasteiger partial charge in [0.15, 0.2) is 16.7 Å². The molecule has 118 valence electrons. The maximum absolute atomic E-state index is 12.5. The standard InChI is InChI=1S/C15H15ClN6O/c16-14-13(21-7-2-1-3-12(21)19-14)15(23)18-11-5-8-22(20-11)10-4-6-17-9-10/h1-3,5,7-8,10,17H,4,6,9H2,(H,18,20,23). The molecule has 0 saturated carbocycles. The molecule has 23 heavy (non-hydrogen) atoms. The summed E-state index contributed by atoms with van der Waals surface area (Å²) in [6, 6.07) is 7.58. The second-order valence-corrected chi connectivity index (χ2v) is 5.82. The number of pyridine rings is 1. The highest BCUT2D eigenvalue weighted by atomic mass is 35.5. The highest BCUT2D eigenvalue weighted by Gasteiger charge is 2.20. The van der Waals surface area contributed by atoms with E-state index in [4.69, 9.17) is 11.6 Å². The number of anilines is 1. The van der Waals surface area contributed by atoms with Crippen LogP contribution in [0.25, 0.3) is 5.65 Å². The molecule has 0 spiro atoms. The van der Waals surface area contributed by atoms with E-state index in [0.29, 0.717) is 23.2 Å². The van der Waals surface area contributed by atoms with Gasteiger partial charge in [0.1, 0.15) is 5.65 Å². The van der Waals surface area contributed by atoms with Crippen molar-refractivity contribution in [3.8, 4) is 0 Å². The van der Waals surface area contributed by atoms with Gasteiger partial charge in [0, 0.05) is 25.0 Å². The van der Waals surface area contributed by atoms with Crippen molar-refractivity contribution in [3.63, 3.8) is 0 Å². The summed E-state index contributed by atoms with van der Waals surface area (Å²) in [5.41, 5.74) is 0.935. The van der Waals surface area contributed by atoms with Gasteiger partial charge in [-0.05, 0) is 25.1 Å². The molecule has 4 heterocycles. The van der Waals surface area contributed by atoms with E-state index in [1.807, 2.05) is 23.0 Å². The molecule has 0 bridgehead atoms. The predicted octanol–water partition coefficient (Wildman–Crippen LogP) is 1.97. The van der Waals surface area contributed by atoms with Gasteiger partial charge < -0.3 is 10.6 Å². The second-order valence-electron chi connectivity index (χ2n) is 5.46. The Balaban J connectivity index is 1.58. The van der Waals surface area contributed by atoms with E-state index in [1.54, 1.807) is 22.7 Å². The third-order valence-corrected chi connectivity index (χ3v) is 4.22. The summed E-state index contributed by atoms with van der Waals surface area (Å²) in [5, 5.41) is 10.7. The van der Waals surface area contributed by atoms with Crippen molar-refractivity contribution < 1.29 is 4.79 Å². The van der Waals surface area contributed by atoms with Crippen LogP contribution >= 0.6 is 11.6 Å². The molecule has 1 saturated heterocycles. The lowest BCUT2D eigenvalue weighted by Crippen LogP contribution is -2.17. The van der Waals surface area contributed by atoms with Crippen LogP contribution in [0, 0.1) is 0 Å². The lowest BCUT2D eigenvalue weighted by molar-refractivity contribution is 0.102. The Morgan fingerprint density at radius 3 is 3.09 bits per heavy atom. The van der Waals surface area contributed by atoms with Gasteiger partial charge in [-0.25, -0.2) is 4.98 Å². The lowest BCUT2D eigenvalue weighted by Gasteiger charge is -2.08. The van der Waals surface area contributed by atoms with Crippen LogP contribution in [-0.4, -0.2) is 38.2 Å². The summed E-state index contributed by atoms with van der Waals surface area (Å²) in [5.74, 6) is 0.173. The molecule has 7 nitrogen and oxygen atoms in total. The maximum Gasteiger partial charge on any atom is 0.277 e. The average Bonchev–Trinajstić information content (AvgIpc) is 3.25. The number of rotatable bonds is 3. The molecule has 1 aliphatic heterocycles. The third kappa shape index (κ3) is 2.58. The van der Waals surface area contributed by atoms with E-state index in [9.17, 15) is 4.79 Å². The van der Waals surface area contributed by atoms with Gasteiger partial charge in [0.2, 0.25) is 0 Å². The zero-order valence-electron chi connectivity index (χ0n) is 12.2. The number of aromatic nitrogens is 4. The molecular formula is C15H15ClN6O. The van der Waals surface area contributed by atoms with Crippen molar-refractivity contribution in [2.24, 2.45) is 0 Å². The number of hydrogen-bond acceptors (Lipinski definition) is 4. The minimum absolute atomic E-state index is 0.174. The minimum atomic E-state index is -0.330. The molecule has 1 fully saturated rings. The Bertz CT molecular complexity index is 864. The summed E-state index contributed by atoms with van der Waals surface area (Å²) in [6.45, 7) is 1.89. The number of carbonyl (C=O) groups excluding carboxylic acids is 1. The maximum atomic E-state index is 12.5. The SMILES string of the molecule is O=C(Nc1ccn(C2CCNC2)n1)c1c(Cl)nc2ccccn12. The third-order valence-electron chi connectivity index (χ3n) is 3.96. The monoisotopic (exact) mass is 330 g/mol. The number of nitrogens with zero attached hydrogens (tertiary/aromatic N) is 4. The van der Waals surface area contributed by atoms with Crippen LogP contribution in [0.15, 0.2) is 36.7 Å². The largest absolute Gasteiger partial charge is 0.315 e. The number of fused-ring (bicyclic) bond motifs is 1. The normalized spacial score (nSPS) is 17.7. The van der Waals surface area contributed by atoms with Crippen molar-refractivity contribution in [3.05, 3.63) is 47.5 Å². The molecule has 0 aromatic carbocycles. The average molecular weight is 331 g/mol. The molecule has 1 aliphatic rings. The fourth-order valence-corrected chi connectivity index (χ4v) is 3.08. The lowest BCUT2D eigenvalue weighted by atomic mass is 10.3. The molecule has 8 heteroatoms. The van der Waals surface area contributed by atoms with Crippen molar-refractivity contribution in [1.29, 1.82) is 0 Å². The number of hydrogen-bond donors (Lipinski definition) is 2. The van der Waals surface area contributed by atoms with E-state index in [2.05, 4.69) is 20.7 Å². The van der Waals surface area contributed by atoms with Gasteiger partial charge in [-0.1, -0.05) is 17.7 Å². The number of carbonyl (C=O) groups is 1. The fraction of sp³-hybridized carbons (Fsp3) is 0.267. The van der Waals surface area contributed by atoms with Crippen LogP contribution < -0.4 is 10.6 Å². The Morgan fingerprint density at radius 2 is 2.26 bits per heavy atom. The van der Waals surface area contributed by atoms with Crippen LogP contribution in [0.4, 0.5) is 5.82 Å². The Morgan fingerprint density at radius 1 is 1.35 bits per heavy atom. The first-order valence-corrected chi connectivity index (χ1v) is 7.80. The smallest absolute Gasteiger partial charge is 0.277 e. The number of halogens is 1. The van der Waals surface area contributed by atoms with E-state index in [1.165, 1.54) is 0 Å². The van der Waals surface area contributed by atoms with E-state index >= 15 is 0 Å². The van der Waals surface area contributed by atoms with E-state index in [-0.39, 0.29) is 11.1 Å². The molecule has 1 unspecified atom stereocenters. The van der Waals surface area contributed by atoms with Gasteiger partial charge in [-0.2, -0.15) is 5.10 Å². The number of amides is 1.